The Labute approximate surface area is 65.8 Å². The standard InChI is InChI=1S/C7H13N3O/c1-4(2)6(8)7-9-5(3)10-11-7/h4,6H,8H2,1-3H3. The van der Waals surface area contributed by atoms with E-state index in [4.69, 9.17) is 10.3 Å². The van der Waals surface area contributed by atoms with Gasteiger partial charge in [-0.15, -0.1) is 0 Å². The molecule has 4 nitrogen and oxygen atoms in total. The van der Waals surface area contributed by atoms with Gasteiger partial charge < -0.3 is 10.3 Å². The van der Waals surface area contributed by atoms with Crippen LogP contribution in [0.15, 0.2) is 4.52 Å². The fraction of sp³-hybridized carbons (Fsp3) is 0.714. The zero-order valence-electron chi connectivity index (χ0n) is 7.03. The van der Waals surface area contributed by atoms with Crippen molar-refractivity contribution in [3.05, 3.63) is 11.7 Å². The highest BCUT2D eigenvalue weighted by molar-refractivity contribution is 4.90. The van der Waals surface area contributed by atoms with E-state index in [0.717, 1.165) is 0 Å². The summed E-state index contributed by atoms with van der Waals surface area (Å²) < 4.78 is 4.90. The van der Waals surface area contributed by atoms with Gasteiger partial charge >= 0.3 is 0 Å². The second kappa shape index (κ2) is 3.00. The highest BCUT2D eigenvalue weighted by Gasteiger charge is 2.16. The van der Waals surface area contributed by atoms with Crippen molar-refractivity contribution in [2.45, 2.75) is 26.8 Å². The molecule has 1 unspecified atom stereocenters. The Bertz CT molecular complexity index is 231. The molecule has 0 aromatic carbocycles. The summed E-state index contributed by atoms with van der Waals surface area (Å²) in [6, 6.07) is -0.142. The maximum absolute atomic E-state index is 5.75. The maximum Gasteiger partial charge on any atom is 0.243 e. The predicted molar refractivity (Wildman–Crippen MR) is 40.8 cm³/mol. The van der Waals surface area contributed by atoms with Crippen LogP contribution in [0.25, 0.3) is 0 Å². The smallest absolute Gasteiger partial charge is 0.243 e. The molecule has 0 amide bonds. The van der Waals surface area contributed by atoms with E-state index in [1.807, 2.05) is 13.8 Å². The Morgan fingerprint density at radius 2 is 2.09 bits per heavy atom. The zero-order valence-corrected chi connectivity index (χ0v) is 7.03. The maximum atomic E-state index is 5.75. The van der Waals surface area contributed by atoms with Gasteiger partial charge in [-0.2, -0.15) is 4.98 Å². The van der Waals surface area contributed by atoms with Crippen LogP contribution in [0, 0.1) is 12.8 Å². The molecular formula is C7H13N3O. The Balaban J connectivity index is 2.76. The summed E-state index contributed by atoms with van der Waals surface area (Å²) >= 11 is 0. The Morgan fingerprint density at radius 3 is 2.45 bits per heavy atom. The lowest BCUT2D eigenvalue weighted by Crippen LogP contribution is -2.16. The van der Waals surface area contributed by atoms with Crippen molar-refractivity contribution in [2.75, 3.05) is 0 Å². The molecule has 0 saturated heterocycles. The minimum Gasteiger partial charge on any atom is -0.338 e. The largest absolute Gasteiger partial charge is 0.338 e. The molecule has 0 fully saturated rings. The molecule has 2 N–H and O–H groups in total. The quantitative estimate of drug-likeness (QED) is 0.692. The van der Waals surface area contributed by atoms with E-state index in [2.05, 4.69) is 10.1 Å². The van der Waals surface area contributed by atoms with Crippen molar-refractivity contribution in [1.82, 2.24) is 10.1 Å². The third-order valence-corrected chi connectivity index (χ3v) is 1.55. The number of nitrogens with two attached hydrogens (primary N) is 1. The highest BCUT2D eigenvalue weighted by atomic mass is 16.5. The van der Waals surface area contributed by atoms with Gasteiger partial charge in [0.2, 0.25) is 5.89 Å². The third-order valence-electron chi connectivity index (χ3n) is 1.55. The van der Waals surface area contributed by atoms with Crippen LogP contribution >= 0.6 is 0 Å². The summed E-state index contributed by atoms with van der Waals surface area (Å²) in [6.45, 7) is 5.81. The van der Waals surface area contributed by atoms with Gasteiger partial charge in [0.05, 0.1) is 6.04 Å². The van der Waals surface area contributed by atoms with Gasteiger partial charge in [0.15, 0.2) is 5.82 Å². The van der Waals surface area contributed by atoms with E-state index in [-0.39, 0.29) is 6.04 Å². The summed E-state index contributed by atoms with van der Waals surface area (Å²) in [5, 5.41) is 3.65. The summed E-state index contributed by atoms with van der Waals surface area (Å²) in [7, 11) is 0. The molecule has 0 spiro atoms. The van der Waals surface area contributed by atoms with Crippen molar-refractivity contribution >= 4 is 0 Å². The lowest BCUT2D eigenvalue weighted by Gasteiger charge is -2.08. The lowest BCUT2D eigenvalue weighted by atomic mass is 10.1. The van der Waals surface area contributed by atoms with Crippen molar-refractivity contribution in [3.8, 4) is 0 Å². The van der Waals surface area contributed by atoms with Crippen molar-refractivity contribution < 1.29 is 4.52 Å². The molecule has 1 heterocycles. The molecule has 11 heavy (non-hydrogen) atoms. The van der Waals surface area contributed by atoms with Crippen LogP contribution in [0.5, 0.6) is 0 Å². The minimum absolute atomic E-state index is 0.142. The van der Waals surface area contributed by atoms with E-state index >= 15 is 0 Å². The number of rotatable bonds is 2. The number of hydrogen-bond acceptors (Lipinski definition) is 4. The van der Waals surface area contributed by atoms with Crippen LogP contribution in [-0.4, -0.2) is 10.1 Å². The van der Waals surface area contributed by atoms with Crippen molar-refractivity contribution in [3.63, 3.8) is 0 Å². The Morgan fingerprint density at radius 1 is 1.45 bits per heavy atom. The van der Waals surface area contributed by atoms with Crippen LogP contribution in [0.1, 0.15) is 31.6 Å². The molecule has 0 radical (unpaired) electrons. The first-order chi connectivity index (χ1) is 5.11. The highest BCUT2D eigenvalue weighted by Crippen LogP contribution is 2.15. The van der Waals surface area contributed by atoms with Crippen molar-refractivity contribution in [1.29, 1.82) is 0 Å². The van der Waals surface area contributed by atoms with Gasteiger partial charge in [-0.25, -0.2) is 0 Å². The fourth-order valence-electron chi connectivity index (χ4n) is 0.734. The van der Waals surface area contributed by atoms with Gasteiger partial charge in [0, 0.05) is 0 Å². The first-order valence-corrected chi connectivity index (χ1v) is 3.67. The van der Waals surface area contributed by atoms with Gasteiger partial charge in [-0.1, -0.05) is 19.0 Å². The van der Waals surface area contributed by atoms with E-state index in [1.165, 1.54) is 0 Å². The number of nitrogens with zero attached hydrogens (tertiary/aromatic N) is 2. The molecule has 0 aliphatic carbocycles. The van der Waals surface area contributed by atoms with Gasteiger partial charge in [0.25, 0.3) is 0 Å². The number of hydrogen-bond donors (Lipinski definition) is 1. The fourth-order valence-corrected chi connectivity index (χ4v) is 0.734. The second-order valence-corrected chi connectivity index (χ2v) is 2.95. The van der Waals surface area contributed by atoms with E-state index in [9.17, 15) is 0 Å². The van der Waals surface area contributed by atoms with Gasteiger partial charge in [-0.3, -0.25) is 0 Å². The molecule has 0 bridgehead atoms. The van der Waals surface area contributed by atoms with Crippen LogP contribution in [0.2, 0.25) is 0 Å². The van der Waals surface area contributed by atoms with E-state index < -0.39 is 0 Å². The van der Waals surface area contributed by atoms with Gasteiger partial charge in [-0.05, 0) is 12.8 Å². The number of aryl methyl sites for hydroxylation is 1. The predicted octanol–water partition coefficient (Wildman–Crippen LogP) is 1.03. The average Bonchev–Trinajstić information content (AvgIpc) is 2.34. The van der Waals surface area contributed by atoms with E-state index in [1.54, 1.807) is 6.92 Å². The Hall–Kier alpha value is -0.900. The second-order valence-electron chi connectivity index (χ2n) is 2.95. The average molecular weight is 155 g/mol. The van der Waals surface area contributed by atoms with E-state index in [0.29, 0.717) is 17.6 Å². The molecule has 1 rings (SSSR count). The SMILES string of the molecule is Cc1noc(C(N)C(C)C)n1. The summed E-state index contributed by atoms with van der Waals surface area (Å²) in [5.41, 5.74) is 5.75. The summed E-state index contributed by atoms with van der Waals surface area (Å²) in [5.74, 6) is 1.49. The van der Waals surface area contributed by atoms with Gasteiger partial charge in [0.1, 0.15) is 0 Å². The molecule has 1 atom stereocenters. The topological polar surface area (TPSA) is 64.9 Å². The molecule has 0 saturated carbocycles. The summed E-state index contributed by atoms with van der Waals surface area (Å²) in [6.07, 6.45) is 0. The molecule has 0 aliphatic heterocycles. The minimum atomic E-state index is -0.142. The molecule has 4 heteroatoms. The molecular weight excluding hydrogens is 142 g/mol. The first kappa shape index (κ1) is 8.20. The van der Waals surface area contributed by atoms with Crippen LogP contribution in [0.4, 0.5) is 0 Å². The molecule has 1 aromatic heterocycles. The zero-order chi connectivity index (χ0) is 8.43. The van der Waals surface area contributed by atoms with Crippen LogP contribution < -0.4 is 5.73 Å². The normalized spacial score (nSPS) is 13.9. The monoisotopic (exact) mass is 155 g/mol. The van der Waals surface area contributed by atoms with Crippen molar-refractivity contribution in [2.24, 2.45) is 11.7 Å². The number of aromatic nitrogens is 2. The van der Waals surface area contributed by atoms with Crippen LogP contribution in [-0.2, 0) is 0 Å². The lowest BCUT2D eigenvalue weighted by molar-refractivity contribution is 0.323. The molecule has 1 aromatic rings. The molecule has 62 valence electrons. The Kier molecular flexibility index (Phi) is 2.24. The third kappa shape index (κ3) is 1.77. The molecule has 0 aliphatic rings. The summed E-state index contributed by atoms with van der Waals surface area (Å²) in [4.78, 5) is 4.03. The van der Waals surface area contributed by atoms with Crippen LogP contribution in [0.3, 0.4) is 0 Å². The first-order valence-electron chi connectivity index (χ1n) is 3.67.